The van der Waals surface area contributed by atoms with Gasteiger partial charge < -0.3 is 9.84 Å². The van der Waals surface area contributed by atoms with E-state index in [9.17, 15) is 9.90 Å². The number of aromatic nitrogens is 1. The molecule has 1 unspecified atom stereocenters. The number of nitrogens with zero attached hydrogens (tertiary/aromatic N) is 1. The smallest absolute Gasteiger partial charge is 0.302 e. The van der Waals surface area contributed by atoms with Crippen molar-refractivity contribution < 1.29 is 14.6 Å². The first-order valence-corrected chi connectivity index (χ1v) is 10.5. The summed E-state index contributed by atoms with van der Waals surface area (Å²) in [6, 6.07) is 20.1. The van der Waals surface area contributed by atoms with E-state index in [1.54, 1.807) is 6.07 Å². The molecule has 0 amide bonds. The highest BCUT2D eigenvalue weighted by Crippen LogP contribution is 2.48. The van der Waals surface area contributed by atoms with Gasteiger partial charge in [-0.05, 0) is 53.1 Å². The number of phenolic OH excluding ortho intramolecular Hbond substituents is 1. The number of pyridine rings is 1. The summed E-state index contributed by atoms with van der Waals surface area (Å²) in [5.41, 5.74) is 7.06. The maximum absolute atomic E-state index is 11.5. The lowest BCUT2D eigenvalue weighted by molar-refractivity contribution is -0.141. The Kier molecular flexibility index (Phi) is 4.70. The molecule has 3 aromatic carbocycles. The maximum Gasteiger partial charge on any atom is 0.302 e. The Balaban J connectivity index is 1.71. The van der Waals surface area contributed by atoms with E-state index in [-0.39, 0.29) is 24.2 Å². The van der Waals surface area contributed by atoms with Gasteiger partial charge in [-0.25, -0.2) is 0 Å². The van der Waals surface area contributed by atoms with Gasteiger partial charge in [-0.2, -0.15) is 0 Å². The molecule has 1 aromatic heterocycles. The normalized spacial score (nSPS) is 14.7. The SMILES string of the molecule is CC(=O)OCC1Cc2c(-c3cc4ccccc4cn3)cccc2-c2c(O)ccc(C)c21. The zero-order valence-electron chi connectivity index (χ0n) is 17.6. The summed E-state index contributed by atoms with van der Waals surface area (Å²) < 4.78 is 5.42. The number of phenols is 1. The lowest BCUT2D eigenvalue weighted by Gasteiger charge is -2.31. The number of ether oxygens (including phenoxy) is 1. The molecule has 0 saturated carbocycles. The molecule has 0 aliphatic heterocycles. The zero-order chi connectivity index (χ0) is 21.5. The second kappa shape index (κ2) is 7.55. The van der Waals surface area contributed by atoms with Crippen molar-refractivity contribution in [1.29, 1.82) is 0 Å². The van der Waals surface area contributed by atoms with E-state index in [1.807, 2.05) is 37.4 Å². The molecule has 1 aliphatic carbocycles. The Bertz CT molecular complexity index is 1330. The molecular weight excluding hydrogens is 386 g/mol. The predicted molar refractivity (Wildman–Crippen MR) is 122 cm³/mol. The number of fused-ring (bicyclic) bond motifs is 4. The Morgan fingerprint density at radius 2 is 1.84 bits per heavy atom. The highest BCUT2D eigenvalue weighted by molar-refractivity contribution is 5.89. The van der Waals surface area contributed by atoms with Gasteiger partial charge in [-0.15, -0.1) is 0 Å². The highest BCUT2D eigenvalue weighted by atomic mass is 16.5. The Labute approximate surface area is 181 Å². The molecule has 5 rings (SSSR count). The standard InChI is InChI=1S/C27H23NO3/c1-16-10-11-25(30)27-22-9-5-8-21(23(22)12-20(26(16)27)15-31-17(2)29)24-13-18-6-3-4-7-19(18)14-28-24/h3-11,13-14,20,30H,12,15H2,1-2H3. The first kappa shape index (κ1) is 19.3. The molecule has 0 fully saturated rings. The van der Waals surface area contributed by atoms with Crippen LogP contribution < -0.4 is 0 Å². The van der Waals surface area contributed by atoms with E-state index in [2.05, 4.69) is 30.3 Å². The van der Waals surface area contributed by atoms with Crippen LogP contribution in [-0.2, 0) is 16.0 Å². The first-order chi connectivity index (χ1) is 15.0. The number of hydrogen-bond donors (Lipinski definition) is 1. The van der Waals surface area contributed by atoms with Crippen LogP contribution in [0.25, 0.3) is 33.2 Å². The minimum Gasteiger partial charge on any atom is -0.507 e. The van der Waals surface area contributed by atoms with Crippen LogP contribution in [-0.4, -0.2) is 22.7 Å². The Hall–Kier alpha value is -3.66. The second-order valence-corrected chi connectivity index (χ2v) is 8.14. The van der Waals surface area contributed by atoms with Crippen molar-refractivity contribution in [3.63, 3.8) is 0 Å². The molecule has 154 valence electrons. The fraction of sp³-hybridized carbons (Fsp3) is 0.185. The summed E-state index contributed by atoms with van der Waals surface area (Å²) in [4.78, 5) is 16.3. The van der Waals surface area contributed by atoms with Gasteiger partial charge in [0.05, 0.1) is 12.3 Å². The van der Waals surface area contributed by atoms with E-state index >= 15 is 0 Å². The van der Waals surface area contributed by atoms with Crippen LogP contribution in [0.5, 0.6) is 5.75 Å². The third-order valence-electron chi connectivity index (χ3n) is 6.14. The van der Waals surface area contributed by atoms with Gasteiger partial charge in [-0.3, -0.25) is 9.78 Å². The van der Waals surface area contributed by atoms with E-state index in [1.165, 1.54) is 6.92 Å². The van der Waals surface area contributed by atoms with Gasteiger partial charge in [0, 0.05) is 35.6 Å². The molecule has 4 heteroatoms. The quantitative estimate of drug-likeness (QED) is 0.435. The van der Waals surface area contributed by atoms with Crippen LogP contribution in [0.1, 0.15) is 29.5 Å². The number of carbonyl (C=O) groups excluding carboxylic acids is 1. The fourth-order valence-electron chi connectivity index (χ4n) is 4.74. The minimum atomic E-state index is -0.297. The number of carbonyl (C=O) groups is 1. The van der Waals surface area contributed by atoms with Gasteiger partial charge in [-0.1, -0.05) is 48.5 Å². The monoisotopic (exact) mass is 409 g/mol. The van der Waals surface area contributed by atoms with Crippen LogP contribution >= 0.6 is 0 Å². The molecule has 1 N–H and O–H groups in total. The molecule has 1 heterocycles. The third kappa shape index (κ3) is 3.34. The van der Waals surface area contributed by atoms with Crippen LogP contribution in [0.2, 0.25) is 0 Å². The van der Waals surface area contributed by atoms with Crippen molar-refractivity contribution in [3.8, 4) is 28.1 Å². The average Bonchev–Trinajstić information content (AvgIpc) is 2.78. The van der Waals surface area contributed by atoms with E-state index < -0.39 is 0 Å². The van der Waals surface area contributed by atoms with Crippen molar-refractivity contribution >= 4 is 16.7 Å². The van der Waals surface area contributed by atoms with Crippen LogP contribution in [0.3, 0.4) is 0 Å². The van der Waals surface area contributed by atoms with Crippen molar-refractivity contribution in [1.82, 2.24) is 4.98 Å². The lowest BCUT2D eigenvalue weighted by Crippen LogP contribution is -2.20. The largest absolute Gasteiger partial charge is 0.507 e. The molecule has 0 radical (unpaired) electrons. The molecule has 4 aromatic rings. The van der Waals surface area contributed by atoms with Crippen LogP contribution in [0.15, 0.2) is 66.9 Å². The Morgan fingerprint density at radius 3 is 2.65 bits per heavy atom. The topological polar surface area (TPSA) is 59.4 Å². The highest BCUT2D eigenvalue weighted by Gasteiger charge is 2.31. The average molecular weight is 409 g/mol. The molecule has 31 heavy (non-hydrogen) atoms. The molecule has 1 aliphatic rings. The summed E-state index contributed by atoms with van der Waals surface area (Å²) >= 11 is 0. The molecule has 4 nitrogen and oxygen atoms in total. The number of hydrogen-bond acceptors (Lipinski definition) is 4. The van der Waals surface area contributed by atoms with E-state index in [4.69, 9.17) is 9.72 Å². The number of benzene rings is 3. The van der Waals surface area contributed by atoms with E-state index in [0.29, 0.717) is 6.42 Å². The van der Waals surface area contributed by atoms with E-state index in [0.717, 1.165) is 49.8 Å². The van der Waals surface area contributed by atoms with Gasteiger partial charge in [0.25, 0.3) is 0 Å². The molecule has 1 atom stereocenters. The second-order valence-electron chi connectivity index (χ2n) is 8.14. The number of aryl methyl sites for hydroxylation is 1. The lowest BCUT2D eigenvalue weighted by atomic mass is 9.75. The van der Waals surface area contributed by atoms with Crippen molar-refractivity contribution in [2.75, 3.05) is 6.61 Å². The van der Waals surface area contributed by atoms with Gasteiger partial charge in [0.2, 0.25) is 0 Å². The summed E-state index contributed by atoms with van der Waals surface area (Å²) in [5.74, 6) is -0.0762. The Morgan fingerprint density at radius 1 is 1.06 bits per heavy atom. The molecule has 0 saturated heterocycles. The summed E-state index contributed by atoms with van der Waals surface area (Å²) in [6.45, 7) is 3.75. The number of aromatic hydroxyl groups is 1. The molecule has 0 spiro atoms. The van der Waals surface area contributed by atoms with Gasteiger partial charge in [0.1, 0.15) is 5.75 Å². The van der Waals surface area contributed by atoms with Gasteiger partial charge >= 0.3 is 5.97 Å². The predicted octanol–water partition coefficient (Wildman–Crippen LogP) is 5.79. The summed E-state index contributed by atoms with van der Waals surface area (Å²) in [5, 5.41) is 13.0. The fourth-order valence-corrected chi connectivity index (χ4v) is 4.74. The van der Waals surface area contributed by atoms with Crippen LogP contribution in [0, 0.1) is 6.92 Å². The first-order valence-electron chi connectivity index (χ1n) is 10.5. The van der Waals surface area contributed by atoms with Crippen LogP contribution in [0.4, 0.5) is 0 Å². The summed E-state index contributed by atoms with van der Waals surface area (Å²) in [6.07, 6.45) is 2.61. The van der Waals surface area contributed by atoms with Crippen molar-refractivity contribution in [3.05, 3.63) is 83.6 Å². The van der Waals surface area contributed by atoms with Gasteiger partial charge in [0.15, 0.2) is 0 Å². The number of esters is 1. The maximum atomic E-state index is 11.5. The minimum absolute atomic E-state index is 0.0277. The molecule has 0 bridgehead atoms. The third-order valence-corrected chi connectivity index (χ3v) is 6.14. The molecular formula is C27H23NO3. The number of rotatable bonds is 3. The van der Waals surface area contributed by atoms with Crippen molar-refractivity contribution in [2.24, 2.45) is 0 Å². The summed E-state index contributed by atoms with van der Waals surface area (Å²) in [7, 11) is 0. The zero-order valence-corrected chi connectivity index (χ0v) is 17.6. The van der Waals surface area contributed by atoms with Crippen molar-refractivity contribution in [2.45, 2.75) is 26.2 Å².